The summed E-state index contributed by atoms with van der Waals surface area (Å²) in [6.07, 6.45) is -1.79. The predicted molar refractivity (Wildman–Crippen MR) is 28.0 cm³/mol. The van der Waals surface area contributed by atoms with Crippen molar-refractivity contribution in [3.63, 3.8) is 0 Å². The van der Waals surface area contributed by atoms with Gasteiger partial charge >= 0.3 is 0 Å². The Morgan fingerprint density at radius 2 is 2.20 bits per heavy atom. The van der Waals surface area contributed by atoms with Crippen LogP contribution in [0.3, 0.4) is 0 Å². The molecule has 1 radical (unpaired) electrons. The smallest absolute Gasteiger partial charge is 0.252 e. The van der Waals surface area contributed by atoms with Gasteiger partial charge in [0, 0.05) is 12.3 Å². The van der Waals surface area contributed by atoms with E-state index in [1.807, 2.05) is 6.07 Å². The summed E-state index contributed by atoms with van der Waals surface area (Å²) in [6, 6.07) is 3.11. The van der Waals surface area contributed by atoms with Gasteiger partial charge in [-0.25, -0.2) is 13.2 Å². The standard InChI is InChI=1S/C6H3F3N/c7-4-2-1-3-10-5(4)6(8)9/h1,3,6H. The Bertz CT molecular complexity index is 224. The number of rotatable bonds is 1. The van der Waals surface area contributed by atoms with Crippen molar-refractivity contribution in [1.82, 2.24) is 4.98 Å². The maximum atomic E-state index is 12.2. The summed E-state index contributed by atoms with van der Waals surface area (Å²) in [5.74, 6) is -1.09. The lowest BCUT2D eigenvalue weighted by Crippen LogP contribution is -1.93. The molecule has 0 bridgehead atoms. The molecule has 0 unspecified atom stereocenters. The Hall–Kier alpha value is -1.06. The fraction of sp³-hybridized carbons (Fsp3) is 0.167. The van der Waals surface area contributed by atoms with E-state index in [1.54, 1.807) is 0 Å². The third-order valence-corrected chi connectivity index (χ3v) is 0.930. The monoisotopic (exact) mass is 146 g/mol. The predicted octanol–water partition coefficient (Wildman–Crippen LogP) is 1.96. The molecule has 1 aromatic rings. The fourth-order valence-electron chi connectivity index (χ4n) is 0.511. The van der Waals surface area contributed by atoms with Crippen LogP contribution in [0, 0.1) is 11.9 Å². The van der Waals surface area contributed by atoms with Crippen LogP contribution in [0.25, 0.3) is 0 Å². The number of alkyl halides is 2. The van der Waals surface area contributed by atoms with Crippen LogP contribution in [0.5, 0.6) is 0 Å². The molecule has 4 heteroatoms. The van der Waals surface area contributed by atoms with E-state index >= 15 is 0 Å². The molecule has 1 nitrogen and oxygen atoms in total. The topological polar surface area (TPSA) is 12.9 Å². The molecule has 0 fully saturated rings. The number of hydrogen-bond donors (Lipinski definition) is 0. The van der Waals surface area contributed by atoms with Gasteiger partial charge < -0.3 is 0 Å². The number of halogens is 3. The second kappa shape index (κ2) is 2.68. The summed E-state index contributed by atoms with van der Waals surface area (Å²) in [7, 11) is 0. The lowest BCUT2D eigenvalue weighted by Gasteiger charge is -1.96. The van der Waals surface area contributed by atoms with Crippen LogP contribution in [0.4, 0.5) is 13.2 Å². The molecule has 1 aromatic heterocycles. The van der Waals surface area contributed by atoms with E-state index in [1.165, 1.54) is 0 Å². The first kappa shape index (κ1) is 7.05. The Morgan fingerprint density at radius 3 is 2.60 bits per heavy atom. The molecule has 0 spiro atoms. The van der Waals surface area contributed by atoms with E-state index in [2.05, 4.69) is 4.98 Å². The van der Waals surface area contributed by atoms with E-state index in [4.69, 9.17) is 0 Å². The van der Waals surface area contributed by atoms with Crippen molar-refractivity contribution in [3.05, 3.63) is 29.8 Å². The zero-order chi connectivity index (χ0) is 7.56. The minimum atomic E-state index is -2.86. The van der Waals surface area contributed by atoms with E-state index in [0.29, 0.717) is 0 Å². The second-order valence-electron chi connectivity index (χ2n) is 1.59. The summed E-state index contributed by atoms with van der Waals surface area (Å²) in [5.41, 5.74) is -0.845. The van der Waals surface area contributed by atoms with Crippen LogP contribution in [0.2, 0.25) is 0 Å². The normalized spacial score (nSPS) is 10.4. The Balaban J connectivity index is 3.03. The van der Waals surface area contributed by atoms with Crippen molar-refractivity contribution < 1.29 is 13.2 Å². The first-order valence-electron chi connectivity index (χ1n) is 2.52. The first-order valence-corrected chi connectivity index (χ1v) is 2.52. The molecule has 0 aromatic carbocycles. The third-order valence-electron chi connectivity index (χ3n) is 0.930. The lowest BCUT2D eigenvalue weighted by molar-refractivity contribution is 0.140. The number of hydrogen-bond acceptors (Lipinski definition) is 1. The van der Waals surface area contributed by atoms with Crippen LogP contribution in [0.15, 0.2) is 12.3 Å². The SMILES string of the molecule is Fc1[c]ccnc1C(F)F. The summed E-state index contributed by atoms with van der Waals surface area (Å²) >= 11 is 0. The molecule has 0 aliphatic heterocycles. The molecule has 0 amide bonds. The number of aromatic nitrogens is 1. The quantitative estimate of drug-likeness (QED) is 0.590. The molecular formula is C6H3F3N. The lowest BCUT2D eigenvalue weighted by atomic mass is 10.3. The highest BCUT2D eigenvalue weighted by atomic mass is 19.3. The van der Waals surface area contributed by atoms with E-state index < -0.39 is 17.9 Å². The molecule has 0 saturated heterocycles. The van der Waals surface area contributed by atoms with Gasteiger partial charge in [0.2, 0.25) is 0 Å². The molecule has 53 valence electrons. The van der Waals surface area contributed by atoms with Gasteiger partial charge in [-0.15, -0.1) is 0 Å². The molecule has 0 atom stereocenters. The highest BCUT2D eigenvalue weighted by Gasteiger charge is 2.13. The van der Waals surface area contributed by atoms with Gasteiger partial charge in [-0.1, -0.05) is 0 Å². The van der Waals surface area contributed by atoms with Crippen molar-refractivity contribution in [2.45, 2.75) is 6.43 Å². The second-order valence-corrected chi connectivity index (χ2v) is 1.59. The molecule has 10 heavy (non-hydrogen) atoms. The number of nitrogens with zero attached hydrogens (tertiary/aromatic N) is 1. The van der Waals surface area contributed by atoms with Gasteiger partial charge in [0.25, 0.3) is 6.43 Å². The Morgan fingerprint density at radius 1 is 1.50 bits per heavy atom. The largest absolute Gasteiger partial charge is 0.283 e. The van der Waals surface area contributed by atoms with Gasteiger partial charge in [-0.3, -0.25) is 4.98 Å². The van der Waals surface area contributed by atoms with Gasteiger partial charge in [-0.2, -0.15) is 0 Å². The van der Waals surface area contributed by atoms with E-state index in [9.17, 15) is 13.2 Å². The van der Waals surface area contributed by atoms with Crippen LogP contribution >= 0.6 is 0 Å². The van der Waals surface area contributed by atoms with Gasteiger partial charge in [0.1, 0.15) is 5.69 Å². The summed E-state index contributed by atoms with van der Waals surface area (Å²) < 4.78 is 35.7. The van der Waals surface area contributed by atoms with Crippen molar-refractivity contribution in [1.29, 1.82) is 0 Å². The average Bonchev–Trinajstić information content (AvgIpc) is 1.88. The van der Waals surface area contributed by atoms with Gasteiger partial charge in [-0.05, 0) is 6.07 Å². The van der Waals surface area contributed by atoms with Crippen molar-refractivity contribution in [3.8, 4) is 0 Å². The van der Waals surface area contributed by atoms with Crippen LogP contribution in [-0.4, -0.2) is 4.98 Å². The maximum Gasteiger partial charge on any atom is 0.283 e. The molecule has 0 aliphatic rings. The van der Waals surface area contributed by atoms with Crippen LogP contribution < -0.4 is 0 Å². The molecule has 1 rings (SSSR count). The third kappa shape index (κ3) is 1.26. The molecule has 1 heterocycles. The van der Waals surface area contributed by atoms with Gasteiger partial charge in [0.15, 0.2) is 5.82 Å². The zero-order valence-electron chi connectivity index (χ0n) is 4.81. The van der Waals surface area contributed by atoms with Gasteiger partial charge in [0.05, 0.1) is 0 Å². The highest BCUT2D eigenvalue weighted by Crippen LogP contribution is 2.17. The minimum Gasteiger partial charge on any atom is -0.252 e. The minimum absolute atomic E-state index is 0.845. The molecule has 0 saturated carbocycles. The van der Waals surface area contributed by atoms with E-state index in [0.717, 1.165) is 12.3 Å². The zero-order valence-corrected chi connectivity index (χ0v) is 4.81. The van der Waals surface area contributed by atoms with Crippen molar-refractivity contribution >= 4 is 0 Å². The maximum absolute atomic E-state index is 12.2. The molecular weight excluding hydrogens is 143 g/mol. The summed E-state index contributed by atoms with van der Waals surface area (Å²) in [6.45, 7) is 0. The Kier molecular flexibility index (Phi) is 1.89. The molecule has 0 aliphatic carbocycles. The van der Waals surface area contributed by atoms with Crippen molar-refractivity contribution in [2.75, 3.05) is 0 Å². The van der Waals surface area contributed by atoms with Crippen molar-refractivity contribution in [2.24, 2.45) is 0 Å². The summed E-state index contributed by atoms with van der Waals surface area (Å²) in [5, 5.41) is 0. The molecule has 0 N–H and O–H groups in total. The van der Waals surface area contributed by atoms with Crippen LogP contribution in [-0.2, 0) is 0 Å². The number of pyridine rings is 1. The Labute approximate surface area is 55.5 Å². The van der Waals surface area contributed by atoms with Crippen LogP contribution in [0.1, 0.15) is 12.1 Å². The fourth-order valence-corrected chi connectivity index (χ4v) is 0.511. The van der Waals surface area contributed by atoms with E-state index in [-0.39, 0.29) is 0 Å². The highest BCUT2D eigenvalue weighted by molar-refractivity contribution is 5.06. The summed E-state index contributed by atoms with van der Waals surface area (Å²) in [4.78, 5) is 3.12. The average molecular weight is 146 g/mol. The first-order chi connectivity index (χ1) is 4.72.